The first kappa shape index (κ1) is 10.1. The van der Waals surface area contributed by atoms with Crippen molar-refractivity contribution in [2.24, 2.45) is 0 Å². The highest BCUT2D eigenvalue weighted by Crippen LogP contribution is 2.22. The number of benzene rings is 1. The first-order valence-electron chi connectivity index (χ1n) is 4.58. The van der Waals surface area contributed by atoms with Crippen LogP contribution < -0.4 is 4.74 Å². The van der Waals surface area contributed by atoms with Crippen molar-refractivity contribution in [1.82, 2.24) is 4.98 Å². The molecule has 16 heavy (non-hydrogen) atoms. The van der Waals surface area contributed by atoms with Crippen molar-refractivity contribution < 1.29 is 9.13 Å². The van der Waals surface area contributed by atoms with Crippen LogP contribution in [0.25, 0.3) is 4.85 Å². The minimum absolute atomic E-state index is 0.332. The highest BCUT2D eigenvalue weighted by molar-refractivity contribution is 5.48. The molecule has 0 N–H and O–H groups in total. The summed E-state index contributed by atoms with van der Waals surface area (Å²) in [6, 6.07) is 9.56. The minimum Gasteiger partial charge on any atom is -0.439 e. The molecule has 0 fully saturated rings. The number of nitrogens with zero attached hydrogens (tertiary/aromatic N) is 2. The van der Waals surface area contributed by atoms with E-state index in [9.17, 15) is 4.39 Å². The molecule has 0 bridgehead atoms. The Labute approximate surface area is 92.0 Å². The van der Waals surface area contributed by atoms with Crippen LogP contribution in [0, 0.1) is 12.4 Å². The van der Waals surface area contributed by atoms with E-state index in [1.54, 1.807) is 24.3 Å². The summed E-state index contributed by atoms with van der Waals surface area (Å²) in [6.45, 7) is 5.10. The van der Waals surface area contributed by atoms with E-state index in [1.807, 2.05) is 0 Å². The van der Waals surface area contributed by atoms with Gasteiger partial charge in [0.1, 0.15) is 11.6 Å². The zero-order valence-electron chi connectivity index (χ0n) is 8.30. The van der Waals surface area contributed by atoms with Crippen LogP contribution in [0.5, 0.6) is 11.6 Å². The van der Waals surface area contributed by atoms with Crippen LogP contribution in [0.2, 0.25) is 0 Å². The van der Waals surface area contributed by atoms with Crippen molar-refractivity contribution in [2.75, 3.05) is 0 Å². The third-order valence-electron chi connectivity index (χ3n) is 1.91. The lowest BCUT2D eigenvalue weighted by Crippen LogP contribution is -1.87. The van der Waals surface area contributed by atoms with E-state index >= 15 is 0 Å². The van der Waals surface area contributed by atoms with E-state index in [0.717, 1.165) is 6.20 Å². The van der Waals surface area contributed by atoms with Crippen molar-refractivity contribution >= 4 is 5.69 Å². The molecule has 78 valence electrons. The molecule has 1 aromatic heterocycles. The number of hydrogen-bond donors (Lipinski definition) is 0. The zero-order chi connectivity index (χ0) is 11.4. The Morgan fingerprint density at radius 3 is 2.44 bits per heavy atom. The molecule has 2 rings (SSSR count). The maximum absolute atomic E-state index is 12.6. The third-order valence-corrected chi connectivity index (χ3v) is 1.91. The van der Waals surface area contributed by atoms with Crippen molar-refractivity contribution in [3.05, 3.63) is 53.3 Å². The average molecular weight is 215 g/mol. The van der Waals surface area contributed by atoms with Crippen molar-refractivity contribution in [3.8, 4) is 18.2 Å². The van der Waals surface area contributed by atoms with E-state index in [1.165, 1.54) is 12.1 Å². The second kappa shape index (κ2) is 4.41. The average Bonchev–Trinajstić information content (AvgIpc) is 2.33. The molecule has 0 saturated carbocycles. The minimum atomic E-state index is -0.398. The SMILES string of the molecule is C#[N+]c1ccc(Oc2ccc(F)cn2)cc1. The first-order valence-corrected chi connectivity index (χ1v) is 4.58. The van der Waals surface area contributed by atoms with Crippen molar-refractivity contribution in [1.29, 1.82) is 0 Å². The topological polar surface area (TPSA) is 26.5 Å². The molecule has 1 heterocycles. The summed E-state index contributed by atoms with van der Waals surface area (Å²) in [5.74, 6) is 0.523. The van der Waals surface area contributed by atoms with Crippen LogP contribution in [-0.4, -0.2) is 4.98 Å². The second-order valence-corrected chi connectivity index (χ2v) is 3.04. The Morgan fingerprint density at radius 2 is 1.88 bits per heavy atom. The van der Waals surface area contributed by atoms with Crippen molar-refractivity contribution in [3.63, 3.8) is 0 Å². The first-order chi connectivity index (χ1) is 7.78. The number of halogens is 1. The molecule has 0 spiro atoms. The molecule has 1 aromatic carbocycles. The Morgan fingerprint density at radius 1 is 1.12 bits per heavy atom. The van der Waals surface area contributed by atoms with E-state index < -0.39 is 5.82 Å². The van der Waals surface area contributed by atoms with Gasteiger partial charge >= 0.3 is 5.69 Å². The van der Waals surface area contributed by atoms with E-state index in [-0.39, 0.29) is 0 Å². The van der Waals surface area contributed by atoms with Gasteiger partial charge in [-0.15, -0.1) is 0 Å². The summed E-state index contributed by atoms with van der Waals surface area (Å²) in [5.41, 5.74) is 0.652. The summed E-state index contributed by atoms with van der Waals surface area (Å²) >= 11 is 0. The number of pyridine rings is 1. The summed E-state index contributed by atoms with van der Waals surface area (Å²) in [7, 11) is 0. The standard InChI is InChI=1S/C12H8FN2O/c1-14-10-3-5-11(6-4-10)16-12-7-2-9(13)8-15-12/h1-8H/q+1. The fraction of sp³-hybridized carbons (Fsp3) is 0. The molecule has 0 aliphatic rings. The molecular formula is C12H8FN2O+. The van der Waals surface area contributed by atoms with Gasteiger partial charge in [0.05, 0.1) is 6.20 Å². The van der Waals surface area contributed by atoms with Gasteiger partial charge in [-0.3, -0.25) is 0 Å². The molecule has 0 aliphatic carbocycles. The van der Waals surface area contributed by atoms with Crippen LogP contribution in [0.3, 0.4) is 0 Å². The molecule has 4 heteroatoms. The van der Waals surface area contributed by atoms with E-state index in [4.69, 9.17) is 11.3 Å². The molecule has 0 saturated heterocycles. The summed E-state index contributed by atoms with van der Waals surface area (Å²) in [6.07, 6.45) is 1.10. The molecule has 0 atom stereocenters. The molecule has 3 nitrogen and oxygen atoms in total. The number of hydrogen-bond acceptors (Lipinski definition) is 2. The van der Waals surface area contributed by atoms with Crippen LogP contribution >= 0.6 is 0 Å². The normalized spacial score (nSPS) is 9.50. The van der Waals surface area contributed by atoms with Gasteiger partial charge in [-0.05, 0) is 23.0 Å². The molecule has 0 aliphatic heterocycles. The second-order valence-electron chi connectivity index (χ2n) is 3.04. The third kappa shape index (κ3) is 2.34. The number of ether oxygens (including phenoxy) is 1. The van der Waals surface area contributed by atoms with Gasteiger partial charge in [-0.1, -0.05) is 0 Å². The summed E-state index contributed by atoms with van der Waals surface area (Å²) < 4.78 is 18.0. The quantitative estimate of drug-likeness (QED) is 0.765. The molecular weight excluding hydrogens is 207 g/mol. The van der Waals surface area contributed by atoms with Gasteiger partial charge < -0.3 is 4.74 Å². The smallest absolute Gasteiger partial charge is 0.340 e. The van der Waals surface area contributed by atoms with E-state index in [2.05, 4.69) is 9.83 Å². The molecule has 0 unspecified atom stereocenters. The van der Waals surface area contributed by atoms with Gasteiger partial charge in [0.2, 0.25) is 5.88 Å². The Bertz CT molecular complexity index is 514. The Hall–Kier alpha value is -2.41. The highest BCUT2D eigenvalue weighted by atomic mass is 19.1. The summed E-state index contributed by atoms with van der Waals surface area (Å²) in [5, 5.41) is 0. The van der Waals surface area contributed by atoms with Crippen molar-refractivity contribution in [2.45, 2.75) is 0 Å². The van der Waals surface area contributed by atoms with Crippen LogP contribution in [0.1, 0.15) is 0 Å². The lowest BCUT2D eigenvalue weighted by atomic mass is 10.3. The van der Waals surface area contributed by atoms with Gasteiger partial charge in [-0.25, -0.2) is 9.37 Å². The molecule has 0 radical (unpaired) electrons. The maximum Gasteiger partial charge on any atom is 0.340 e. The predicted molar refractivity (Wildman–Crippen MR) is 58.7 cm³/mol. The lowest BCUT2D eigenvalue weighted by molar-refractivity contribution is 0.459. The monoisotopic (exact) mass is 215 g/mol. The van der Waals surface area contributed by atoms with Gasteiger partial charge in [0.15, 0.2) is 0 Å². The number of rotatable bonds is 2. The zero-order valence-corrected chi connectivity index (χ0v) is 8.30. The largest absolute Gasteiger partial charge is 0.439 e. The molecule has 0 amide bonds. The molecule has 2 aromatic rings. The fourth-order valence-electron chi connectivity index (χ4n) is 1.14. The number of aromatic nitrogens is 1. The van der Waals surface area contributed by atoms with Crippen LogP contribution in [-0.2, 0) is 0 Å². The Kier molecular flexibility index (Phi) is 2.79. The maximum atomic E-state index is 12.6. The highest BCUT2D eigenvalue weighted by Gasteiger charge is 2.02. The van der Waals surface area contributed by atoms with E-state index in [0.29, 0.717) is 17.3 Å². The fourth-order valence-corrected chi connectivity index (χ4v) is 1.14. The Balaban J connectivity index is 2.15. The van der Waals surface area contributed by atoms with Crippen LogP contribution in [0.4, 0.5) is 10.1 Å². The predicted octanol–water partition coefficient (Wildman–Crippen LogP) is 3.61. The van der Waals surface area contributed by atoms with Gasteiger partial charge in [-0.2, -0.15) is 0 Å². The van der Waals surface area contributed by atoms with Crippen LogP contribution in [0.15, 0.2) is 42.6 Å². The van der Waals surface area contributed by atoms with Gasteiger partial charge in [0.25, 0.3) is 6.57 Å². The summed E-state index contributed by atoms with van der Waals surface area (Å²) in [4.78, 5) is 7.28. The lowest BCUT2D eigenvalue weighted by Gasteiger charge is -2.02. The van der Waals surface area contributed by atoms with Gasteiger partial charge in [0, 0.05) is 18.2 Å².